The van der Waals surface area contributed by atoms with Crippen molar-refractivity contribution in [3.8, 4) is 0 Å². The number of hydrogen-bond donors (Lipinski definition) is 1. The number of anilines is 1. The first kappa shape index (κ1) is 27.6. The Morgan fingerprint density at radius 1 is 0.907 bits per heavy atom. The van der Waals surface area contributed by atoms with Crippen molar-refractivity contribution in [2.24, 2.45) is 0 Å². The fourth-order valence-corrected chi connectivity index (χ4v) is 4.62. The van der Waals surface area contributed by atoms with E-state index in [4.69, 9.17) is 26.1 Å². The number of carbonyl (C=O) groups excluding carboxylic acids is 3. The van der Waals surface area contributed by atoms with E-state index < -0.39 is 54.2 Å². The summed E-state index contributed by atoms with van der Waals surface area (Å²) in [7, 11) is 0. The van der Waals surface area contributed by atoms with Gasteiger partial charge in [0.1, 0.15) is 18.5 Å². The summed E-state index contributed by atoms with van der Waals surface area (Å²) in [5, 5.41) is 0. The van der Waals surface area contributed by atoms with Gasteiger partial charge in [-0.2, -0.15) is 4.98 Å². The summed E-state index contributed by atoms with van der Waals surface area (Å²) in [6, 6.07) is 25.5. The molecule has 0 amide bonds. The van der Waals surface area contributed by atoms with Gasteiger partial charge in [-0.05, 0) is 48.5 Å². The third-order valence-corrected chi connectivity index (χ3v) is 6.79. The van der Waals surface area contributed by atoms with Gasteiger partial charge < -0.3 is 24.7 Å². The maximum Gasteiger partial charge on any atom is 0.351 e. The van der Waals surface area contributed by atoms with Crippen LogP contribution in [0.15, 0.2) is 121 Å². The molecule has 1 saturated heterocycles. The lowest BCUT2D eigenvalue weighted by Crippen LogP contribution is -2.53. The van der Waals surface area contributed by atoms with Crippen LogP contribution in [0.4, 0.5) is 5.82 Å². The van der Waals surface area contributed by atoms with Crippen molar-refractivity contribution >= 4 is 23.7 Å². The Bertz CT molecular complexity index is 1720. The number of aromatic nitrogens is 2. The second-order valence-corrected chi connectivity index (χ2v) is 9.49. The van der Waals surface area contributed by atoms with Gasteiger partial charge in [-0.3, -0.25) is 4.57 Å². The van der Waals surface area contributed by atoms with Crippen LogP contribution in [0.25, 0.3) is 0 Å². The zero-order valence-electron chi connectivity index (χ0n) is 23.6. The number of nitrogen functional groups attached to an aromatic ring is 1. The Hall–Kier alpha value is -5.55. The topological polar surface area (TPSA) is 149 Å². The van der Waals surface area contributed by atoms with Gasteiger partial charge in [-0.1, -0.05) is 61.2 Å². The fourth-order valence-electron chi connectivity index (χ4n) is 4.62. The second-order valence-electron chi connectivity index (χ2n) is 9.49. The molecule has 0 aliphatic carbocycles. The van der Waals surface area contributed by atoms with Crippen molar-refractivity contribution in [1.29, 1.82) is 0 Å². The van der Waals surface area contributed by atoms with E-state index >= 15 is 0 Å². The predicted molar refractivity (Wildman–Crippen MR) is 154 cm³/mol. The molecule has 1 unspecified atom stereocenters. The fraction of sp³-hybridized carbons (Fsp3) is 0.156. The standard InChI is InChI=1S/C32H27N3O8/c1-2-32(43-30(38)23-16-10-5-11-17-23)24(20-40-28(36)21-12-6-3-7-13-21)41-27(35-19-18-25(33)34-31(35)39)26(32)42-29(37)22-14-8-4-9-15-22/h2-19,24,26-27H,1,20H2,(H2,33,34,39)/t24-,26+,27?,32-/m1/s1/i1D. The summed E-state index contributed by atoms with van der Waals surface area (Å²) >= 11 is 0. The van der Waals surface area contributed by atoms with Crippen LogP contribution < -0.4 is 11.4 Å². The van der Waals surface area contributed by atoms with E-state index in [-0.39, 0.29) is 22.5 Å². The summed E-state index contributed by atoms with van der Waals surface area (Å²) in [5.41, 5.74) is 3.33. The number of esters is 3. The molecule has 11 nitrogen and oxygen atoms in total. The van der Waals surface area contributed by atoms with Gasteiger partial charge in [-0.25, -0.2) is 19.2 Å². The maximum atomic E-state index is 13.5. The van der Waals surface area contributed by atoms with E-state index in [1.165, 1.54) is 36.5 Å². The van der Waals surface area contributed by atoms with Gasteiger partial charge in [0.05, 0.1) is 18.1 Å². The molecule has 3 aromatic carbocycles. The van der Waals surface area contributed by atoms with Gasteiger partial charge in [0.25, 0.3) is 0 Å². The van der Waals surface area contributed by atoms with E-state index in [1.54, 1.807) is 66.7 Å². The molecule has 0 saturated carbocycles. The SMILES string of the molecule is [2H]C=C[C@@]1(OC(=O)c2ccccc2)[C@@H](COC(=O)c2ccccc2)OC(n2ccc(N)nc2=O)[C@@H]1OC(=O)c1ccccc1. The molecule has 0 bridgehead atoms. The van der Waals surface area contributed by atoms with Gasteiger partial charge >= 0.3 is 23.6 Å². The van der Waals surface area contributed by atoms with Crippen LogP contribution in [-0.4, -0.2) is 51.9 Å². The summed E-state index contributed by atoms with van der Waals surface area (Å²) in [4.78, 5) is 56.6. The molecule has 2 N–H and O–H groups in total. The Morgan fingerprint density at radius 3 is 2.02 bits per heavy atom. The highest BCUT2D eigenvalue weighted by atomic mass is 16.7. The lowest BCUT2D eigenvalue weighted by atomic mass is 9.91. The Labute approximate surface area is 247 Å². The van der Waals surface area contributed by atoms with Gasteiger partial charge in [0.2, 0.25) is 5.60 Å². The average molecular weight is 583 g/mol. The summed E-state index contributed by atoms with van der Waals surface area (Å²) in [5.74, 6) is -2.46. The minimum absolute atomic E-state index is 0.0664. The van der Waals surface area contributed by atoms with Crippen LogP contribution >= 0.6 is 0 Å². The van der Waals surface area contributed by atoms with Crippen molar-refractivity contribution in [1.82, 2.24) is 9.55 Å². The maximum absolute atomic E-state index is 13.5. The van der Waals surface area contributed by atoms with Crippen molar-refractivity contribution < 1.29 is 34.7 Å². The molecule has 11 heteroatoms. The third-order valence-electron chi connectivity index (χ3n) is 6.79. The minimum Gasteiger partial charge on any atom is -0.459 e. The van der Waals surface area contributed by atoms with Gasteiger partial charge in [-0.15, -0.1) is 0 Å². The van der Waals surface area contributed by atoms with Gasteiger partial charge in [0.15, 0.2) is 12.3 Å². The molecule has 0 spiro atoms. The first-order chi connectivity index (χ1) is 21.3. The van der Waals surface area contributed by atoms with E-state index in [1.807, 2.05) is 0 Å². The largest absolute Gasteiger partial charge is 0.459 e. The highest BCUT2D eigenvalue weighted by molar-refractivity contribution is 5.91. The van der Waals surface area contributed by atoms with Crippen molar-refractivity contribution in [3.05, 3.63) is 143 Å². The molecule has 43 heavy (non-hydrogen) atoms. The van der Waals surface area contributed by atoms with Crippen LogP contribution in [0.3, 0.4) is 0 Å². The van der Waals surface area contributed by atoms with Gasteiger partial charge in [0, 0.05) is 6.20 Å². The summed E-state index contributed by atoms with van der Waals surface area (Å²) < 4.78 is 32.8. The lowest BCUT2D eigenvalue weighted by Gasteiger charge is -2.34. The van der Waals surface area contributed by atoms with E-state index in [2.05, 4.69) is 4.98 Å². The normalized spacial score (nSPS) is 21.6. The first-order valence-electron chi connectivity index (χ1n) is 13.7. The van der Waals surface area contributed by atoms with E-state index in [0.717, 1.165) is 17.2 Å². The van der Waals surface area contributed by atoms with Crippen LogP contribution in [0.2, 0.25) is 0 Å². The molecule has 4 atom stereocenters. The number of carbonyl (C=O) groups is 3. The minimum atomic E-state index is -2.07. The van der Waals surface area contributed by atoms with Crippen molar-refractivity contribution in [2.45, 2.75) is 24.0 Å². The molecule has 1 aromatic heterocycles. The molecular weight excluding hydrogens is 554 g/mol. The molecular formula is C32H27N3O8. The number of nitrogens with two attached hydrogens (primary N) is 1. The van der Waals surface area contributed by atoms with Crippen LogP contribution in [0.1, 0.15) is 38.7 Å². The molecule has 5 rings (SSSR count). The number of benzene rings is 3. The average Bonchev–Trinajstić information content (AvgIpc) is 3.32. The Kier molecular flexibility index (Phi) is 8.05. The zero-order valence-corrected chi connectivity index (χ0v) is 22.6. The highest BCUT2D eigenvalue weighted by Crippen LogP contribution is 2.43. The van der Waals surface area contributed by atoms with E-state index in [9.17, 15) is 19.2 Å². The van der Waals surface area contributed by atoms with Crippen molar-refractivity contribution in [3.63, 3.8) is 0 Å². The zero-order chi connectivity index (χ0) is 31.1. The quantitative estimate of drug-likeness (QED) is 0.176. The molecule has 1 aliphatic rings. The Morgan fingerprint density at radius 2 is 1.47 bits per heavy atom. The second kappa shape index (κ2) is 12.5. The summed E-state index contributed by atoms with van der Waals surface area (Å²) in [6.07, 6.45) is -1.96. The monoisotopic (exact) mass is 582 g/mol. The van der Waals surface area contributed by atoms with Crippen LogP contribution in [0.5, 0.6) is 0 Å². The lowest BCUT2D eigenvalue weighted by molar-refractivity contribution is -0.0830. The molecule has 1 fully saturated rings. The summed E-state index contributed by atoms with van der Waals surface area (Å²) in [6.45, 7) is 0.316. The van der Waals surface area contributed by atoms with Crippen molar-refractivity contribution in [2.75, 3.05) is 12.3 Å². The number of rotatable bonds is 9. The first-order valence-corrected chi connectivity index (χ1v) is 13.1. The smallest absolute Gasteiger partial charge is 0.351 e. The van der Waals surface area contributed by atoms with E-state index in [0.29, 0.717) is 0 Å². The molecule has 218 valence electrons. The molecule has 0 radical (unpaired) electrons. The number of hydrogen-bond acceptors (Lipinski definition) is 10. The number of ether oxygens (including phenoxy) is 4. The molecule has 4 aromatic rings. The predicted octanol–water partition coefficient (Wildman–Crippen LogP) is 3.59. The van der Waals surface area contributed by atoms with Crippen LogP contribution in [-0.2, 0) is 18.9 Å². The third kappa shape index (κ3) is 6.07. The molecule has 2 heterocycles. The van der Waals surface area contributed by atoms with Crippen LogP contribution in [0, 0.1) is 0 Å². The Balaban J connectivity index is 1.61. The highest BCUT2D eigenvalue weighted by Gasteiger charge is 2.62. The molecule has 1 aliphatic heterocycles. The number of nitrogens with zero attached hydrogens (tertiary/aromatic N) is 2.